The van der Waals surface area contributed by atoms with Crippen LogP contribution in [0.25, 0.3) is 0 Å². The van der Waals surface area contributed by atoms with Gasteiger partial charge in [-0.05, 0) is 43.3 Å². The SMILES string of the molecule is CCCCC(CC)CN(CC(CC)CCCC)C1=CC=C(N)C2CC12. The Kier molecular flexibility index (Phi) is 8.39. The van der Waals surface area contributed by atoms with Crippen molar-refractivity contribution in [2.45, 2.75) is 85.5 Å². The molecule has 2 aliphatic carbocycles. The molecule has 0 bridgehead atoms. The predicted octanol–water partition coefficient (Wildman–Crippen LogP) is 6.10. The van der Waals surface area contributed by atoms with Crippen molar-refractivity contribution < 1.29 is 0 Å². The van der Waals surface area contributed by atoms with Gasteiger partial charge in [0, 0.05) is 36.3 Å². The zero-order chi connectivity index (χ0) is 18.2. The molecule has 0 aromatic rings. The van der Waals surface area contributed by atoms with Crippen LogP contribution in [0, 0.1) is 23.7 Å². The maximum Gasteiger partial charge on any atom is 0.0203 e. The molecular weight excluding hydrogens is 304 g/mol. The Labute approximate surface area is 156 Å². The van der Waals surface area contributed by atoms with Gasteiger partial charge in [0.25, 0.3) is 0 Å². The summed E-state index contributed by atoms with van der Waals surface area (Å²) >= 11 is 0. The maximum atomic E-state index is 6.17. The third kappa shape index (κ3) is 5.79. The summed E-state index contributed by atoms with van der Waals surface area (Å²) in [4.78, 5) is 2.78. The minimum Gasteiger partial charge on any atom is -0.402 e. The molecule has 2 N–H and O–H groups in total. The first-order valence-electron chi connectivity index (χ1n) is 11.1. The van der Waals surface area contributed by atoms with E-state index in [9.17, 15) is 0 Å². The Bertz CT molecular complexity index is 433. The van der Waals surface area contributed by atoms with E-state index >= 15 is 0 Å². The Hall–Kier alpha value is -0.920. The molecule has 2 aliphatic rings. The molecule has 4 atom stereocenters. The Morgan fingerprint density at radius 1 is 0.920 bits per heavy atom. The Morgan fingerprint density at radius 2 is 1.48 bits per heavy atom. The summed E-state index contributed by atoms with van der Waals surface area (Å²) in [6, 6.07) is 0. The van der Waals surface area contributed by atoms with Gasteiger partial charge in [-0.3, -0.25) is 0 Å². The molecule has 0 aromatic carbocycles. The van der Waals surface area contributed by atoms with Crippen LogP contribution in [0.3, 0.4) is 0 Å². The lowest BCUT2D eigenvalue weighted by Crippen LogP contribution is -2.35. The molecule has 0 amide bonds. The van der Waals surface area contributed by atoms with E-state index in [-0.39, 0.29) is 0 Å². The summed E-state index contributed by atoms with van der Waals surface area (Å²) in [5.41, 5.74) is 8.88. The number of hydrogen-bond acceptors (Lipinski definition) is 2. The standard InChI is InChI=1S/C23H42N2/c1-5-9-11-18(7-3)16-25(17-19(8-4)12-10-6-2)23-14-13-22(24)20-15-21(20)23/h13-14,18-21H,5-12,15-17,24H2,1-4H3. The number of unbranched alkanes of at least 4 members (excludes halogenated alkanes) is 2. The minimum atomic E-state index is 0.647. The summed E-state index contributed by atoms with van der Waals surface area (Å²) in [7, 11) is 0. The van der Waals surface area contributed by atoms with Gasteiger partial charge in [0.05, 0.1) is 0 Å². The van der Waals surface area contributed by atoms with E-state index in [4.69, 9.17) is 5.73 Å². The molecular formula is C23H42N2. The van der Waals surface area contributed by atoms with Crippen LogP contribution in [-0.4, -0.2) is 18.0 Å². The van der Waals surface area contributed by atoms with Crippen LogP contribution in [-0.2, 0) is 0 Å². The second-order valence-electron chi connectivity index (χ2n) is 8.44. The fourth-order valence-corrected chi connectivity index (χ4v) is 4.40. The number of nitrogens with zero attached hydrogens (tertiary/aromatic N) is 1. The third-order valence-corrected chi connectivity index (χ3v) is 6.45. The molecule has 0 spiro atoms. The molecule has 4 unspecified atom stereocenters. The zero-order valence-corrected chi connectivity index (χ0v) is 17.3. The second kappa shape index (κ2) is 10.3. The van der Waals surface area contributed by atoms with Crippen LogP contribution in [0.5, 0.6) is 0 Å². The van der Waals surface area contributed by atoms with Crippen molar-refractivity contribution in [2.75, 3.05) is 13.1 Å². The van der Waals surface area contributed by atoms with Crippen molar-refractivity contribution in [1.29, 1.82) is 0 Å². The first-order chi connectivity index (χ1) is 12.1. The van der Waals surface area contributed by atoms with Gasteiger partial charge in [-0.2, -0.15) is 0 Å². The molecule has 0 saturated heterocycles. The predicted molar refractivity (Wildman–Crippen MR) is 110 cm³/mol. The summed E-state index contributed by atoms with van der Waals surface area (Å²) in [6.07, 6.45) is 16.6. The highest BCUT2D eigenvalue weighted by Crippen LogP contribution is 2.51. The fraction of sp³-hybridized carbons (Fsp3) is 0.826. The van der Waals surface area contributed by atoms with Crippen LogP contribution in [0.1, 0.15) is 85.5 Å². The lowest BCUT2D eigenvalue weighted by molar-refractivity contribution is 0.213. The highest BCUT2D eigenvalue weighted by Gasteiger charge is 2.45. The van der Waals surface area contributed by atoms with Crippen LogP contribution in [0.4, 0.5) is 0 Å². The Morgan fingerprint density at radius 3 is 1.96 bits per heavy atom. The van der Waals surface area contributed by atoms with E-state index in [1.807, 2.05) is 0 Å². The third-order valence-electron chi connectivity index (χ3n) is 6.45. The summed E-state index contributed by atoms with van der Waals surface area (Å²) < 4.78 is 0. The van der Waals surface area contributed by atoms with E-state index in [1.165, 1.54) is 70.9 Å². The monoisotopic (exact) mass is 346 g/mol. The molecule has 0 aromatic heterocycles. The van der Waals surface area contributed by atoms with Gasteiger partial charge in [0.2, 0.25) is 0 Å². The summed E-state index contributed by atoms with van der Waals surface area (Å²) in [6.45, 7) is 11.9. The summed E-state index contributed by atoms with van der Waals surface area (Å²) in [5, 5.41) is 0. The molecule has 2 nitrogen and oxygen atoms in total. The minimum absolute atomic E-state index is 0.647. The zero-order valence-electron chi connectivity index (χ0n) is 17.3. The smallest absolute Gasteiger partial charge is 0.0203 e. The van der Waals surface area contributed by atoms with Gasteiger partial charge >= 0.3 is 0 Å². The highest BCUT2D eigenvalue weighted by molar-refractivity contribution is 5.34. The number of hydrogen-bond donors (Lipinski definition) is 1. The molecule has 2 heteroatoms. The molecule has 0 radical (unpaired) electrons. The van der Waals surface area contributed by atoms with Crippen molar-refractivity contribution in [3.8, 4) is 0 Å². The molecule has 1 saturated carbocycles. The first-order valence-corrected chi connectivity index (χ1v) is 11.1. The molecule has 25 heavy (non-hydrogen) atoms. The molecule has 0 aliphatic heterocycles. The van der Waals surface area contributed by atoms with Crippen molar-refractivity contribution in [2.24, 2.45) is 29.4 Å². The van der Waals surface area contributed by atoms with Crippen molar-refractivity contribution in [1.82, 2.24) is 4.90 Å². The number of fused-ring (bicyclic) bond motifs is 1. The van der Waals surface area contributed by atoms with E-state index in [0.717, 1.165) is 23.5 Å². The van der Waals surface area contributed by atoms with Crippen LogP contribution >= 0.6 is 0 Å². The number of allylic oxidation sites excluding steroid dienone is 4. The van der Waals surface area contributed by atoms with Crippen LogP contribution in [0.15, 0.2) is 23.5 Å². The van der Waals surface area contributed by atoms with E-state index in [2.05, 4.69) is 44.7 Å². The molecule has 2 rings (SSSR count). The normalized spacial score (nSPS) is 24.2. The summed E-state index contributed by atoms with van der Waals surface area (Å²) in [5.74, 6) is 3.04. The number of rotatable bonds is 13. The lowest BCUT2D eigenvalue weighted by atomic mass is 9.94. The number of nitrogens with two attached hydrogens (primary N) is 1. The van der Waals surface area contributed by atoms with E-state index in [0.29, 0.717) is 5.92 Å². The van der Waals surface area contributed by atoms with Crippen molar-refractivity contribution in [3.63, 3.8) is 0 Å². The van der Waals surface area contributed by atoms with E-state index in [1.54, 1.807) is 5.70 Å². The van der Waals surface area contributed by atoms with E-state index < -0.39 is 0 Å². The lowest BCUT2D eigenvalue weighted by Gasteiger charge is -2.35. The van der Waals surface area contributed by atoms with Crippen molar-refractivity contribution in [3.05, 3.63) is 23.5 Å². The first kappa shape index (κ1) is 20.4. The molecule has 0 heterocycles. The van der Waals surface area contributed by atoms with Gasteiger partial charge in [-0.1, -0.05) is 66.2 Å². The van der Waals surface area contributed by atoms with Gasteiger partial charge in [-0.15, -0.1) is 0 Å². The molecule has 1 fully saturated rings. The largest absolute Gasteiger partial charge is 0.402 e. The Balaban J connectivity index is 2.07. The average molecular weight is 347 g/mol. The van der Waals surface area contributed by atoms with Gasteiger partial charge in [0.1, 0.15) is 0 Å². The van der Waals surface area contributed by atoms with Crippen molar-refractivity contribution >= 4 is 0 Å². The topological polar surface area (TPSA) is 29.3 Å². The van der Waals surface area contributed by atoms with Gasteiger partial charge in [0.15, 0.2) is 0 Å². The van der Waals surface area contributed by atoms with Crippen LogP contribution in [0.2, 0.25) is 0 Å². The highest BCUT2D eigenvalue weighted by atomic mass is 15.2. The second-order valence-corrected chi connectivity index (χ2v) is 8.44. The van der Waals surface area contributed by atoms with Crippen LogP contribution < -0.4 is 5.73 Å². The van der Waals surface area contributed by atoms with Gasteiger partial charge < -0.3 is 10.6 Å². The quantitative estimate of drug-likeness (QED) is 0.437. The maximum absolute atomic E-state index is 6.17. The van der Waals surface area contributed by atoms with Gasteiger partial charge in [-0.25, -0.2) is 0 Å². The average Bonchev–Trinajstić information content (AvgIpc) is 3.42. The molecule has 144 valence electrons. The fourth-order valence-electron chi connectivity index (χ4n) is 4.40.